The number of aromatic nitrogens is 1. The number of rotatable bonds is 3. The first kappa shape index (κ1) is 16.9. The fourth-order valence-electron chi connectivity index (χ4n) is 3.82. The van der Waals surface area contributed by atoms with Gasteiger partial charge in [-0.25, -0.2) is 5.01 Å². The molecule has 2 atom stereocenters. The van der Waals surface area contributed by atoms with Crippen molar-refractivity contribution in [1.29, 1.82) is 0 Å². The quantitative estimate of drug-likeness (QED) is 0.805. The predicted octanol–water partition coefficient (Wildman–Crippen LogP) is 1.38. The van der Waals surface area contributed by atoms with Gasteiger partial charge >= 0.3 is 0 Å². The molecule has 8 heteroatoms. The summed E-state index contributed by atoms with van der Waals surface area (Å²) in [5.74, 6) is -0.0341. The number of amidine groups is 1. The Morgan fingerprint density at radius 1 is 1.36 bits per heavy atom. The average Bonchev–Trinajstić information content (AvgIpc) is 2.79. The number of hydrogen-bond acceptors (Lipinski definition) is 5. The molecule has 0 bridgehead atoms. The Balaban J connectivity index is 1.54. The normalized spacial score (nSPS) is 27.1. The number of nitrogens with zero attached hydrogens (tertiary/aromatic N) is 4. The first-order chi connectivity index (χ1) is 12.2. The summed E-state index contributed by atoms with van der Waals surface area (Å²) in [6.07, 6.45) is 8.84. The third-order valence-electron chi connectivity index (χ3n) is 5.06. The van der Waals surface area contributed by atoms with Gasteiger partial charge in [0.15, 0.2) is 16.2 Å². The van der Waals surface area contributed by atoms with Crippen molar-refractivity contribution in [2.45, 2.75) is 38.1 Å². The van der Waals surface area contributed by atoms with Crippen molar-refractivity contribution >= 4 is 39.4 Å². The smallest absolute Gasteiger partial charge is 0.248 e. The number of carbonyl (C=O) groups is 1. The molecule has 4 heterocycles. The van der Waals surface area contributed by atoms with Gasteiger partial charge in [0.2, 0.25) is 5.91 Å². The summed E-state index contributed by atoms with van der Waals surface area (Å²) >= 11 is 7.04. The molecule has 2 saturated heterocycles. The molecule has 3 aliphatic heterocycles. The fourth-order valence-corrected chi connectivity index (χ4v) is 5.07. The number of nitrogens with one attached hydrogen (secondary N) is 1. The number of pyridine rings is 1. The van der Waals surface area contributed by atoms with Crippen LogP contribution in [0.1, 0.15) is 43.7 Å². The first-order valence-corrected chi connectivity index (χ1v) is 10.1. The lowest BCUT2D eigenvalue weighted by Crippen LogP contribution is -3.14. The van der Waals surface area contributed by atoms with E-state index >= 15 is 0 Å². The minimum Gasteiger partial charge on any atom is -0.310 e. The molecule has 6 nitrogen and oxygen atoms in total. The second-order valence-electron chi connectivity index (χ2n) is 6.68. The summed E-state index contributed by atoms with van der Waals surface area (Å²) in [5, 5.41) is 5.02. The largest absolute Gasteiger partial charge is 0.310 e. The molecule has 0 saturated carbocycles. The molecular weight excluding hydrogens is 354 g/mol. The number of thioether (sulfide) groups is 1. The van der Waals surface area contributed by atoms with Crippen LogP contribution in [-0.2, 0) is 4.79 Å². The molecule has 0 aliphatic carbocycles. The highest BCUT2D eigenvalue weighted by Crippen LogP contribution is 2.28. The molecule has 1 unspecified atom stereocenters. The van der Waals surface area contributed by atoms with Crippen LogP contribution in [0.5, 0.6) is 0 Å². The van der Waals surface area contributed by atoms with E-state index in [2.05, 4.69) is 26.1 Å². The summed E-state index contributed by atoms with van der Waals surface area (Å²) in [6, 6.07) is 4.64. The molecule has 0 spiro atoms. The van der Waals surface area contributed by atoms with Crippen LogP contribution in [-0.4, -0.2) is 50.2 Å². The Morgan fingerprint density at radius 3 is 3.12 bits per heavy atom. The minimum absolute atomic E-state index is 0.0341. The molecule has 1 aromatic heterocycles. The van der Waals surface area contributed by atoms with Gasteiger partial charge in [0.25, 0.3) is 0 Å². The average molecular weight is 377 g/mol. The molecule has 0 aromatic carbocycles. The molecule has 4 rings (SSSR count). The van der Waals surface area contributed by atoms with Gasteiger partial charge in [-0.05, 0) is 37.1 Å². The summed E-state index contributed by atoms with van der Waals surface area (Å²) in [6.45, 7) is 2.75. The topological polar surface area (TPSA) is 53.2 Å². The monoisotopic (exact) mass is 376 g/mol. The molecule has 1 aromatic rings. The van der Waals surface area contributed by atoms with Gasteiger partial charge in [0.1, 0.15) is 6.04 Å². The van der Waals surface area contributed by atoms with Gasteiger partial charge in [-0.3, -0.25) is 14.8 Å². The van der Waals surface area contributed by atoms with E-state index in [4.69, 9.17) is 12.2 Å². The molecule has 25 heavy (non-hydrogen) atoms. The van der Waals surface area contributed by atoms with E-state index in [-0.39, 0.29) is 5.91 Å². The zero-order valence-corrected chi connectivity index (χ0v) is 15.7. The molecule has 1 N–H and O–H groups in total. The van der Waals surface area contributed by atoms with Crippen molar-refractivity contribution in [2.24, 2.45) is 4.99 Å². The van der Waals surface area contributed by atoms with Crippen LogP contribution in [0.4, 0.5) is 0 Å². The van der Waals surface area contributed by atoms with E-state index in [9.17, 15) is 4.79 Å². The Bertz CT molecular complexity index is 696. The maximum Gasteiger partial charge on any atom is 0.248 e. The number of hydrogen-bond donors (Lipinski definition) is 1. The summed E-state index contributed by atoms with van der Waals surface area (Å²) < 4.78 is 0.802. The van der Waals surface area contributed by atoms with Crippen LogP contribution in [0.2, 0.25) is 0 Å². The van der Waals surface area contributed by atoms with Gasteiger partial charge in [0.05, 0.1) is 6.54 Å². The Morgan fingerprint density at radius 2 is 2.28 bits per heavy atom. The van der Waals surface area contributed by atoms with Crippen molar-refractivity contribution in [3.8, 4) is 0 Å². The molecule has 3 aliphatic rings. The second-order valence-corrected chi connectivity index (χ2v) is 8.28. The van der Waals surface area contributed by atoms with Gasteiger partial charge < -0.3 is 4.90 Å². The lowest BCUT2D eigenvalue weighted by Gasteiger charge is -2.37. The number of piperidine rings is 1. The van der Waals surface area contributed by atoms with Gasteiger partial charge in [-0.1, -0.05) is 18.3 Å². The van der Waals surface area contributed by atoms with Crippen LogP contribution in [0.25, 0.3) is 0 Å². The molecule has 132 valence electrons. The van der Waals surface area contributed by atoms with E-state index in [0.717, 1.165) is 35.7 Å². The Labute approximate surface area is 157 Å². The number of likely N-dealkylation sites (tertiary alicyclic amines) is 1. The van der Waals surface area contributed by atoms with Crippen LogP contribution in [0.15, 0.2) is 29.5 Å². The minimum atomic E-state index is -0.0341. The van der Waals surface area contributed by atoms with Crippen LogP contribution >= 0.6 is 24.0 Å². The summed E-state index contributed by atoms with van der Waals surface area (Å²) in [7, 11) is 0. The molecule has 1 amide bonds. The number of quaternary nitrogens is 1. The van der Waals surface area contributed by atoms with Crippen molar-refractivity contribution in [3.63, 3.8) is 0 Å². The van der Waals surface area contributed by atoms with E-state index in [0.29, 0.717) is 12.5 Å². The van der Waals surface area contributed by atoms with Crippen molar-refractivity contribution in [1.82, 2.24) is 15.0 Å². The molecule has 0 radical (unpaired) electrons. The SMILES string of the molecule is O=C1CCCN2C(=N1)SC(=S)N2C[NH+]1CCCC[C@H]1c1cccnc1. The summed E-state index contributed by atoms with van der Waals surface area (Å²) in [4.78, 5) is 21.8. The highest BCUT2D eigenvalue weighted by molar-refractivity contribution is 8.33. The number of thiocarbonyl (C=S) groups is 1. The van der Waals surface area contributed by atoms with Crippen molar-refractivity contribution in [2.75, 3.05) is 19.8 Å². The van der Waals surface area contributed by atoms with E-state index in [1.165, 1.54) is 41.5 Å². The number of fused-ring (bicyclic) bond motifs is 1. The van der Waals surface area contributed by atoms with Crippen molar-refractivity contribution in [3.05, 3.63) is 30.1 Å². The number of aliphatic imine (C=N–C) groups is 1. The lowest BCUT2D eigenvalue weighted by atomic mass is 9.97. The fraction of sp³-hybridized carbons (Fsp3) is 0.529. The van der Waals surface area contributed by atoms with Crippen LogP contribution < -0.4 is 4.90 Å². The van der Waals surface area contributed by atoms with E-state index in [1.54, 1.807) is 0 Å². The second kappa shape index (κ2) is 7.39. The zero-order chi connectivity index (χ0) is 17.2. The Kier molecular flexibility index (Phi) is 5.00. The van der Waals surface area contributed by atoms with E-state index in [1.807, 2.05) is 18.5 Å². The highest BCUT2D eigenvalue weighted by Gasteiger charge is 2.38. The highest BCUT2D eigenvalue weighted by atomic mass is 32.2. The maximum atomic E-state index is 11.8. The van der Waals surface area contributed by atoms with Gasteiger partial charge in [-0.15, -0.1) is 0 Å². The predicted molar refractivity (Wildman–Crippen MR) is 102 cm³/mol. The van der Waals surface area contributed by atoms with Gasteiger partial charge in [-0.2, -0.15) is 4.99 Å². The Hall–Kier alpha value is -1.51. The number of carbonyl (C=O) groups excluding carboxylic acids is 1. The van der Waals surface area contributed by atoms with Crippen LogP contribution in [0.3, 0.4) is 0 Å². The first-order valence-electron chi connectivity index (χ1n) is 8.85. The standard InChI is InChI=1S/C17H21N5OS2/c23-15-7-4-10-21-16(19-15)25-17(24)22(21)12-20-9-2-1-6-14(20)13-5-3-8-18-11-13/h3,5,8,11,14H,1-2,4,6-7,9-10,12H2/p+1/t14-/m0/s1. The maximum absolute atomic E-state index is 11.8. The number of amides is 1. The third kappa shape index (κ3) is 3.56. The van der Waals surface area contributed by atoms with Crippen molar-refractivity contribution < 1.29 is 9.69 Å². The molecule has 2 fully saturated rings. The van der Waals surface area contributed by atoms with Crippen LogP contribution in [0, 0.1) is 0 Å². The summed E-state index contributed by atoms with van der Waals surface area (Å²) in [5.41, 5.74) is 1.30. The number of hydrazine groups is 1. The molecular formula is C17H22N5OS2+. The third-order valence-corrected chi connectivity index (χ3v) is 6.39. The zero-order valence-electron chi connectivity index (χ0n) is 14.1. The lowest BCUT2D eigenvalue weighted by molar-refractivity contribution is -0.946. The van der Waals surface area contributed by atoms with E-state index < -0.39 is 0 Å². The van der Waals surface area contributed by atoms with Gasteiger partial charge in [0, 0.05) is 37.3 Å².